The predicted octanol–water partition coefficient (Wildman–Crippen LogP) is 2.57. The van der Waals surface area contributed by atoms with Gasteiger partial charge in [0, 0.05) is 13.1 Å². The molecular formula is C12H14F3NO2S. The van der Waals surface area contributed by atoms with Gasteiger partial charge in [0.15, 0.2) is 0 Å². The molecule has 2 rings (SSSR count). The molecule has 0 aliphatic carbocycles. The van der Waals surface area contributed by atoms with Crippen LogP contribution < -0.4 is 0 Å². The van der Waals surface area contributed by atoms with Crippen molar-refractivity contribution >= 4 is 10.0 Å². The Kier molecular flexibility index (Phi) is 3.61. The van der Waals surface area contributed by atoms with Crippen molar-refractivity contribution in [2.24, 2.45) is 5.92 Å². The van der Waals surface area contributed by atoms with Gasteiger partial charge in [-0.05, 0) is 25.0 Å². The summed E-state index contributed by atoms with van der Waals surface area (Å²) >= 11 is 0. The number of aryl methyl sites for hydroxylation is 1. The number of sulfonamides is 1. The molecule has 0 bridgehead atoms. The first-order chi connectivity index (χ1) is 8.73. The summed E-state index contributed by atoms with van der Waals surface area (Å²) in [4.78, 5) is 0.0813. The maximum absolute atomic E-state index is 12.6. The lowest BCUT2D eigenvalue weighted by Gasteiger charge is -2.18. The second-order valence-corrected chi connectivity index (χ2v) is 6.56. The van der Waals surface area contributed by atoms with E-state index in [0.29, 0.717) is 5.56 Å². The summed E-state index contributed by atoms with van der Waals surface area (Å²) in [5.41, 5.74) is 0.540. The molecule has 1 heterocycles. The number of hydrogen-bond donors (Lipinski definition) is 0. The van der Waals surface area contributed by atoms with Crippen LogP contribution in [0.4, 0.5) is 13.2 Å². The summed E-state index contributed by atoms with van der Waals surface area (Å²) in [5.74, 6) is -1.56. The summed E-state index contributed by atoms with van der Waals surface area (Å²) in [6, 6.07) is 6.31. The molecule has 1 saturated heterocycles. The summed E-state index contributed by atoms with van der Waals surface area (Å²) in [6.07, 6.45) is -4.51. The first-order valence-corrected chi connectivity index (χ1v) is 7.29. The first kappa shape index (κ1) is 14.3. The van der Waals surface area contributed by atoms with Crippen LogP contribution in [0.25, 0.3) is 0 Å². The largest absolute Gasteiger partial charge is 0.393 e. The molecule has 0 aromatic heterocycles. The molecule has 1 aliphatic rings. The molecule has 0 spiro atoms. The van der Waals surface area contributed by atoms with Crippen LogP contribution in [0.3, 0.4) is 0 Å². The molecule has 3 nitrogen and oxygen atoms in total. The maximum Gasteiger partial charge on any atom is 0.393 e. The van der Waals surface area contributed by atoms with Gasteiger partial charge in [0.1, 0.15) is 0 Å². The SMILES string of the molecule is Cc1ccccc1S(=O)(=O)N1CCC(C(F)(F)F)C1. The van der Waals surface area contributed by atoms with Crippen LogP contribution in [0, 0.1) is 12.8 Å². The van der Waals surface area contributed by atoms with Crippen molar-refractivity contribution in [2.75, 3.05) is 13.1 Å². The topological polar surface area (TPSA) is 37.4 Å². The van der Waals surface area contributed by atoms with E-state index in [1.165, 1.54) is 6.07 Å². The van der Waals surface area contributed by atoms with Crippen molar-refractivity contribution in [2.45, 2.75) is 24.4 Å². The fourth-order valence-corrected chi connectivity index (χ4v) is 3.92. The highest BCUT2D eigenvalue weighted by Crippen LogP contribution is 2.35. The Morgan fingerprint density at radius 3 is 2.42 bits per heavy atom. The van der Waals surface area contributed by atoms with E-state index in [1.807, 2.05) is 0 Å². The number of hydrogen-bond acceptors (Lipinski definition) is 2. The Bertz CT molecular complexity index is 569. The van der Waals surface area contributed by atoms with Crippen molar-refractivity contribution in [1.29, 1.82) is 0 Å². The van der Waals surface area contributed by atoms with Crippen molar-refractivity contribution in [1.82, 2.24) is 4.31 Å². The highest BCUT2D eigenvalue weighted by molar-refractivity contribution is 7.89. The van der Waals surface area contributed by atoms with E-state index in [4.69, 9.17) is 0 Å². The lowest BCUT2D eigenvalue weighted by molar-refractivity contribution is -0.169. The number of nitrogens with zero attached hydrogens (tertiary/aromatic N) is 1. The molecule has 0 N–H and O–H groups in total. The Balaban J connectivity index is 2.26. The van der Waals surface area contributed by atoms with Crippen LogP contribution in [0.2, 0.25) is 0 Å². The van der Waals surface area contributed by atoms with Crippen molar-refractivity contribution in [3.05, 3.63) is 29.8 Å². The average molecular weight is 293 g/mol. The van der Waals surface area contributed by atoms with Gasteiger partial charge in [-0.1, -0.05) is 18.2 Å². The van der Waals surface area contributed by atoms with Gasteiger partial charge in [-0.3, -0.25) is 0 Å². The van der Waals surface area contributed by atoms with E-state index < -0.39 is 28.7 Å². The molecule has 1 aromatic carbocycles. The van der Waals surface area contributed by atoms with Crippen LogP contribution in [-0.2, 0) is 10.0 Å². The van der Waals surface area contributed by atoms with Crippen LogP contribution in [0.15, 0.2) is 29.2 Å². The maximum atomic E-state index is 12.6. The smallest absolute Gasteiger partial charge is 0.207 e. The van der Waals surface area contributed by atoms with Gasteiger partial charge in [-0.25, -0.2) is 8.42 Å². The third-order valence-corrected chi connectivity index (χ3v) is 5.35. The molecule has 7 heteroatoms. The lowest BCUT2D eigenvalue weighted by atomic mass is 10.1. The van der Waals surface area contributed by atoms with Crippen molar-refractivity contribution < 1.29 is 21.6 Å². The first-order valence-electron chi connectivity index (χ1n) is 5.85. The molecule has 106 valence electrons. The molecule has 0 amide bonds. The molecule has 19 heavy (non-hydrogen) atoms. The second kappa shape index (κ2) is 4.79. The van der Waals surface area contributed by atoms with Gasteiger partial charge in [0.2, 0.25) is 10.0 Å². The minimum absolute atomic E-state index is 0.0813. The summed E-state index contributed by atoms with van der Waals surface area (Å²) < 4.78 is 63.2. The normalized spacial score (nSPS) is 21.8. The number of halogens is 3. The summed E-state index contributed by atoms with van der Waals surface area (Å²) in [6.45, 7) is 1.06. The molecule has 1 atom stereocenters. The van der Waals surface area contributed by atoms with E-state index >= 15 is 0 Å². The van der Waals surface area contributed by atoms with E-state index in [9.17, 15) is 21.6 Å². The van der Waals surface area contributed by atoms with Gasteiger partial charge < -0.3 is 0 Å². The number of alkyl halides is 3. The van der Waals surface area contributed by atoms with Gasteiger partial charge in [-0.2, -0.15) is 17.5 Å². The summed E-state index contributed by atoms with van der Waals surface area (Å²) in [7, 11) is -3.83. The molecule has 1 aromatic rings. The second-order valence-electron chi connectivity index (χ2n) is 4.66. The Labute approximate surface area is 110 Å². The predicted molar refractivity (Wildman–Crippen MR) is 64.1 cm³/mol. The zero-order valence-electron chi connectivity index (χ0n) is 10.3. The fraction of sp³-hybridized carbons (Fsp3) is 0.500. The fourth-order valence-electron chi connectivity index (χ4n) is 2.20. The molecule has 1 aliphatic heterocycles. The minimum Gasteiger partial charge on any atom is -0.207 e. The minimum atomic E-state index is -4.34. The van der Waals surface area contributed by atoms with Crippen LogP contribution in [0.5, 0.6) is 0 Å². The zero-order chi connectivity index (χ0) is 14.3. The van der Waals surface area contributed by atoms with Crippen molar-refractivity contribution in [3.63, 3.8) is 0 Å². The molecule has 0 saturated carbocycles. The Morgan fingerprint density at radius 2 is 1.89 bits per heavy atom. The lowest BCUT2D eigenvalue weighted by Crippen LogP contribution is -2.32. The molecular weight excluding hydrogens is 279 g/mol. The van der Waals surface area contributed by atoms with E-state index in [1.54, 1.807) is 25.1 Å². The molecule has 0 radical (unpaired) electrons. The zero-order valence-corrected chi connectivity index (χ0v) is 11.1. The number of benzene rings is 1. The van der Waals surface area contributed by atoms with E-state index in [2.05, 4.69) is 0 Å². The van der Waals surface area contributed by atoms with Crippen LogP contribution >= 0.6 is 0 Å². The third kappa shape index (κ3) is 2.76. The van der Waals surface area contributed by atoms with E-state index in [0.717, 1.165) is 4.31 Å². The van der Waals surface area contributed by atoms with Crippen LogP contribution in [0.1, 0.15) is 12.0 Å². The standard InChI is InChI=1S/C12H14F3NO2S/c1-9-4-2-3-5-11(9)19(17,18)16-7-6-10(8-16)12(13,14)15/h2-5,10H,6-8H2,1H3. The van der Waals surface area contributed by atoms with E-state index in [-0.39, 0.29) is 17.9 Å². The highest BCUT2D eigenvalue weighted by atomic mass is 32.2. The highest BCUT2D eigenvalue weighted by Gasteiger charge is 2.46. The quantitative estimate of drug-likeness (QED) is 0.840. The Hall–Kier alpha value is -1.08. The van der Waals surface area contributed by atoms with Gasteiger partial charge in [0.05, 0.1) is 10.8 Å². The van der Waals surface area contributed by atoms with Crippen LogP contribution in [-0.4, -0.2) is 32.0 Å². The molecule has 1 fully saturated rings. The van der Waals surface area contributed by atoms with Gasteiger partial charge in [0.25, 0.3) is 0 Å². The Morgan fingerprint density at radius 1 is 1.26 bits per heavy atom. The van der Waals surface area contributed by atoms with Gasteiger partial charge >= 0.3 is 6.18 Å². The monoisotopic (exact) mass is 293 g/mol. The molecule has 1 unspecified atom stereocenters. The average Bonchev–Trinajstić information content (AvgIpc) is 2.78. The van der Waals surface area contributed by atoms with Crippen molar-refractivity contribution in [3.8, 4) is 0 Å². The van der Waals surface area contributed by atoms with Gasteiger partial charge in [-0.15, -0.1) is 0 Å². The number of rotatable bonds is 2. The third-order valence-electron chi connectivity index (χ3n) is 3.33. The summed E-state index contributed by atoms with van der Waals surface area (Å²) in [5, 5.41) is 0.